The second-order valence-electron chi connectivity index (χ2n) is 5.02. The lowest BCUT2D eigenvalue weighted by Crippen LogP contribution is -2.40. The van der Waals surface area contributed by atoms with Crippen molar-refractivity contribution in [1.82, 2.24) is 9.62 Å². The van der Waals surface area contributed by atoms with Crippen LogP contribution in [0.15, 0.2) is 29.2 Å². The molecule has 1 atom stereocenters. The summed E-state index contributed by atoms with van der Waals surface area (Å²) in [5.41, 5.74) is 0.624. The highest BCUT2D eigenvalue weighted by Crippen LogP contribution is 2.21. The van der Waals surface area contributed by atoms with Gasteiger partial charge in [0.05, 0.1) is 5.69 Å². The van der Waals surface area contributed by atoms with Gasteiger partial charge in [0.15, 0.2) is 0 Å². The van der Waals surface area contributed by atoms with Gasteiger partial charge in [0.25, 0.3) is 0 Å². The molecule has 2 rings (SSSR count). The molecule has 0 amide bonds. The number of benzene rings is 1. The number of hydrogen-bond acceptors (Lipinski definition) is 4. The summed E-state index contributed by atoms with van der Waals surface area (Å²) in [6.45, 7) is 4.63. The fraction of sp³-hybridized carbons (Fsp3) is 0.571. The Morgan fingerprint density at radius 2 is 2.10 bits per heavy atom. The van der Waals surface area contributed by atoms with E-state index in [2.05, 4.69) is 21.9 Å². The highest BCUT2D eigenvalue weighted by molar-refractivity contribution is 7.89. The van der Waals surface area contributed by atoms with Crippen LogP contribution in [0.4, 0.5) is 5.69 Å². The molecule has 20 heavy (non-hydrogen) atoms. The third kappa shape index (κ3) is 3.31. The first-order chi connectivity index (χ1) is 9.58. The van der Waals surface area contributed by atoms with Gasteiger partial charge in [-0.2, -0.15) is 0 Å². The lowest BCUT2D eigenvalue weighted by molar-refractivity contribution is 0.268. The van der Waals surface area contributed by atoms with Gasteiger partial charge in [0.1, 0.15) is 4.90 Å². The number of sulfonamides is 1. The van der Waals surface area contributed by atoms with Gasteiger partial charge >= 0.3 is 0 Å². The van der Waals surface area contributed by atoms with Crippen LogP contribution in [-0.2, 0) is 10.0 Å². The van der Waals surface area contributed by atoms with Crippen LogP contribution < -0.4 is 10.0 Å². The summed E-state index contributed by atoms with van der Waals surface area (Å²) >= 11 is 0. The van der Waals surface area contributed by atoms with Gasteiger partial charge < -0.3 is 5.32 Å². The summed E-state index contributed by atoms with van der Waals surface area (Å²) < 4.78 is 27.5. The quantitative estimate of drug-likeness (QED) is 0.835. The number of likely N-dealkylation sites (tertiary alicyclic amines) is 1. The molecule has 6 heteroatoms. The third-order valence-corrected chi connectivity index (χ3v) is 5.34. The fourth-order valence-electron chi connectivity index (χ4n) is 2.73. The molecule has 112 valence electrons. The molecular weight excluding hydrogens is 274 g/mol. The number of hydrogen-bond donors (Lipinski definition) is 2. The van der Waals surface area contributed by atoms with E-state index in [0.29, 0.717) is 23.2 Å². The van der Waals surface area contributed by atoms with Crippen LogP contribution in [0.5, 0.6) is 0 Å². The summed E-state index contributed by atoms with van der Waals surface area (Å²) in [6.07, 6.45) is 2.21. The molecule has 0 saturated carbocycles. The van der Waals surface area contributed by atoms with Crippen LogP contribution in [0.3, 0.4) is 0 Å². The average Bonchev–Trinajstić information content (AvgIpc) is 2.92. The van der Waals surface area contributed by atoms with E-state index in [9.17, 15) is 8.42 Å². The average molecular weight is 297 g/mol. The molecule has 1 aliphatic heterocycles. The molecule has 1 fully saturated rings. The molecule has 1 aromatic rings. The SMILES string of the molecule is CCN1CCCC1CNS(=O)(=O)c1ccccc1NC. The first-order valence-corrected chi connectivity index (χ1v) is 8.57. The van der Waals surface area contributed by atoms with Crippen molar-refractivity contribution in [2.45, 2.75) is 30.7 Å². The van der Waals surface area contributed by atoms with Crippen molar-refractivity contribution in [3.8, 4) is 0 Å². The van der Waals surface area contributed by atoms with E-state index in [4.69, 9.17) is 0 Å². The monoisotopic (exact) mass is 297 g/mol. The Morgan fingerprint density at radius 3 is 2.80 bits per heavy atom. The zero-order valence-corrected chi connectivity index (χ0v) is 12.9. The van der Waals surface area contributed by atoms with E-state index in [1.165, 1.54) is 0 Å². The Morgan fingerprint density at radius 1 is 1.35 bits per heavy atom. The Balaban J connectivity index is 2.08. The predicted molar refractivity (Wildman–Crippen MR) is 81.4 cm³/mol. The molecule has 1 aromatic carbocycles. The molecule has 0 spiro atoms. The normalized spacial score (nSPS) is 20.2. The Hall–Kier alpha value is -1.11. The minimum Gasteiger partial charge on any atom is -0.387 e. The van der Waals surface area contributed by atoms with Crippen LogP contribution in [0, 0.1) is 0 Å². The van der Waals surface area contributed by atoms with Gasteiger partial charge in [-0.05, 0) is 38.1 Å². The lowest BCUT2D eigenvalue weighted by Gasteiger charge is -2.23. The van der Waals surface area contributed by atoms with Gasteiger partial charge in [0.2, 0.25) is 10.0 Å². The number of para-hydroxylation sites is 1. The zero-order chi connectivity index (χ0) is 14.6. The summed E-state index contributed by atoms with van der Waals surface area (Å²) in [5.74, 6) is 0. The van der Waals surface area contributed by atoms with Gasteiger partial charge in [-0.15, -0.1) is 0 Å². The maximum absolute atomic E-state index is 12.4. The smallest absolute Gasteiger partial charge is 0.242 e. The van der Waals surface area contributed by atoms with E-state index in [0.717, 1.165) is 25.9 Å². The van der Waals surface area contributed by atoms with Gasteiger partial charge in [0, 0.05) is 19.6 Å². The number of nitrogens with zero attached hydrogens (tertiary/aromatic N) is 1. The Labute approximate surface area is 121 Å². The summed E-state index contributed by atoms with van der Waals surface area (Å²) in [4.78, 5) is 2.63. The molecule has 5 nitrogen and oxygen atoms in total. The molecule has 2 N–H and O–H groups in total. The number of anilines is 1. The van der Waals surface area contributed by atoms with Crippen LogP contribution in [0.1, 0.15) is 19.8 Å². The topological polar surface area (TPSA) is 61.4 Å². The van der Waals surface area contributed by atoms with Crippen molar-refractivity contribution in [2.24, 2.45) is 0 Å². The van der Waals surface area contributed by atoms with Crippen LogP contribution in [-0.4, -0.2) is 46.0 Å². The number of rotatable bonds is 6. The van der Waals surface area contributed by atoms with E-state index in [1.807, 2.05) is 6.07 Å². The molecule has 0 aromatic heterocycles. The van der Waals surface area contributed by atoms with Gasteiger partial charge in [-0.3, -0.25) is 4.90 Å². The first-order valence-electron chi connectivity index (χ1n) is 7.09. The highest BCUT2D eigenvalue weighted by atomic mass is 32.2. The van der Waals surface area contributed by atoms with Crippen LogP contribution in [0.25, 0.3) is 0 Å². The standard InChI is InChI=1S/C14H23N3O2S/c1-3-17-10-6-7-12(17)11-16-20(18,19)14-9-5-4-8-13(14)15-2/h4-5,8-9,12,15-16H,3,6-7,10-11H2,1-2H3. The molecule has 1 saturated heterocycles. The summed E-state index contributed by atoms with van der Waals surface area (Å²) in [6, 6.07) is 7.27. The van der Waals surface area contributed by atoms with E-state index >= 15 is 0 Å². The maximum Gasteiger partial charge on any atom is 0.242 e. The van der Waals surface area contributed by atoms with Crippen molar-refractivity contribution in [2.75, 3.05) is 32.0 Å². The molecule has 1 aliphatic rings. The van der Waals surface area contributed by atoms with Gasteiger partial charge in [-0.25, -0.2) is 13.1 Å². The van der Waals surface area contributed by atoms with Crippen molar-refractivity contribution in [1.29, 1.82) is 0 Å². The molecule has 0 bridgehead atoms. The molecule has 1 unspecified atom stereocenters. The van der Waals surface area contributed by atoms with Gasteiger partial charge in [-0.1, -0.05) is 19.1 Å². The summed E-state index contributed by atoms with van der Waals surface area (Å²) in [7, 11) is -1.73. The van der Waals surface area contributed by atoms with E-state index in [1.54, 1.807) is 25.2 Å². The zero-order valence-electron chi connectivity index (χ0n) is 12.1. The minimum atomic E-state index is -3.46. The largest absolute Gasteiger partial charge is 0.387 e. The second-order valence-corrected chi connectivity index (χ2v) is 6.76. The number of likely N-dealkylation sites (N-methyl/N-ethyl adjacent to an activating group) is 1. The lowest BCUT2D eigenvalue weighted by atomic mass is 10.2. The molecule has 0 aliphatic carbocycles. The van der Waals surface area contributed by atoms with Crippen LogP contribution >= 0.6 is 0 Å². The van der Waals surface area contributed by atoms with E-state index in [-0.39, 0.29) is 0 Å². The van der Waals surface area contributed by atoms with Crippen molar-refractivity contribution in [3.05, 3.63) is 24.3 Å². The second kappa shape index (κ2) is 6.56. The first kappa shape index (κ1) is 15.3. The van der Waals surface area contributed by atoms with Crippen LogP contribution in [0.2, 0.25) is 0 Å². The minimum absolute atomic E-state index is 0.309. The van der Waals surface area contributed by atoms with Crippen molar-refractivity contribution in [3.63, 3.8) is 0 Å². The Kier molecular flexibility index (Phi) is 5.01. The molecular formula is C14H23N3O2S. The molecule has 1 heterocycles. The fourth-order valence-corrected chi connectivity index (χ4v) is 4.02. The third-order valence-electron chi connectivity index (χ3n) is 3.86. The maximum atomic E-state index is 12.4. The number of nitrogens with one attached hydrogen (secondary N) is 2. The summed E-state index contributed by atoms with van der Waals surface area (Å²) in [5, 5.41) is 2.92. The highest BCUT2D eigenvalue weighted by Gasteiger charge is 2.25. The molecule has 0 radical (unpaired) electrons. The van der Waals surface area contributed by atoms with Crippen molar-refractivity contribution >= 4 is 15.7 Å². The van der Waals surface area contributed by atoms with Crippen molar-refractivity contribution < 1.29 is 8.42 Å². The Bertz CT molecular complexity index is 545. The predicted octanol–water partition coefficient (Wildman–Crippen LogP) is 1.49. The van der Waals surface area contributed by atoms with E-state index < -0.39 is 10.0 Å².